The zero-order chi connectivity index (χ0) is 16.4. The first-order chi connectivity index (χ1) is 10.9. The zero-order valence-corrected chi connectivity index (χ0v) is 14.3. The Kier molecular flexibility index (Phi) is 4.16. The maximum absolute atomic E-state index is 5.34. The third-order valence-corrected chi connectivity index (χ3v) is 4.06. The molecule has 0 atom stereocenters. The molecule has 0 spiro atoms. The lowest BCUT2D eigenvalue weighted by Gasteiger charge is -2.19. The van der Waals surface area contributed by atoms with Crippen molar-refractivity contribution in [1.82, 2.24) is 30.3 Å². The van der Waals surface area contributed by atoms with Gasteiger partial charge in [-0.25, -0.2) is 4.68 Å². The van der Waals surface area contributed by atoms with Crippen LogP contribution < -0.4 is 0 Å². The van der Waals surface area contributed by atoms with Crippen LogP contribution in [0.25, 0.3) is 11.5 Å². The van der Waals surface area contributed by atoms with E-state index < -0.39 is 0 Å². The summed E-state index contributed by atoms with van der Waals surface area (Å²) in [7, 11) is 0. The van der Waals surface area contributed by atoms with E-state index >= 15 is 0 Å². The molecule has 0 N–H and O–H groups in total. The summed E-state index contributed by atoms with van der Waals surface area (Å²) in [6, 6.07) is 7.98. The van der Waals surface area contributed by atoms with Gasteiger partial charge in [0.05, 0.1) is 11.3 Å². The van der Waals surface area contributed by atoms with Gasteiger partial charge in [0, 0.05) is 5.56 Å². The number of aromatic nitrogens is 6. The summed E-state index contributed by atoms with van der Waals surface area (Å²) in [5, 5.41) is 16.6. The molecule has 23 heavy (non-hydrogen) atoms. The minimum absolute atomic E-state index is 0.171. The van der Waals surface area contributed by atoms with Gasteiger partial charge in [0.15, 0.2) is 5.82 Å². The second-order valence-electron chi connectivity index (χ2n) is 6.22. The smallest absolute Gasteiger partial charge is 0.257 e. The average Bonchev–Trinajstić information content (AvgIpc) is 3.14. The Labute approximate surface area is 138 Å². The number of nitrogens with zero attached hydrogens (tertiary/aromatic N) is 6. The van der Waals surface area contributed by atoms with Crippen LogP contribution in [0.5, 0.6) is 0 Å². The van der Waals surface area contributed by atoms with Crippen LogP contribution in [0.3, 0.4) is 0 Å². The van der Waals surface area contributed by atoms with Gasteiger partial charge in [0.25, 0.3) is 5.89 Å². The molecule has 0 saturated carbocycles. The molecule has 0 aliphatic rings. The molecule has 2 aromatic heterocycles. The Morgan fingerprint density at radius 3 is 2.83 bits per heavy atom. The Morgan fingerprint density at radius 2 is 2.09 bits per heavy atom. The minimum Gasteiger partial charge on any atom is -0.334 e. The highest BCUT2D eigenvalue weighted by Gasteiger charge is 2.20. The molecule has 7 nitrogen and oxygen atoms in total. The second kappa shape index (κ2) is 6.11. The predicted octanol–water partition coefficient (Wildman–Crippen LogP) is 3.08. The van der Waals surface area contributed by atoms with E-state index in [-0.39, 0.29) is 5.54 Å². The number of benzene rings is 1. The third kappa shape index (κ3) is 3.58. The highest BCUT2D eigenvalue weighted by Crippen LogP contribution is 2.25. The maximum Gasteiger partial charge on any atom is 0.257 e. The fourth-order valence-corrected chi connectivity index (χ4v) is 2.93. The summed E-state index contributed by atoms with van der Waals surface area (Å²) >= 11 is 1.49. The zero-order valence-electron chi connectivity index (χ0n) is 13.5. The Bertz CT molecular complexity index is 804. The van der Waals surface area contributed by atoms with Crippen molar-refractivity contribution >= 4 is 11.8 Å². The van der Waals surface area contributed by atoms with Gasteiger partial charge in [0.1, 0.15) is 0 Å². The normalized spacial score (nSPS) is 11.8. The number of hydrogen-bond acceptors (Lipinski definition) is 7. The monoisotopic (exact) mass is 330 g/mol. The van der Waals surface area contributed by atoms with Gasteiger partial charge in [-0.2, -0.15) is 4.98 Å². The van der Waals surface area contributed by atoms with Crippen molar-refractivity contribution in [3.8, 4) is 11.5 Å². The van der Waals surface area contributed by atoms with Crippen molar-refractivity contribution in [2.75, 3.05) is 0 Å². The van der Waals surface area contributed by atoms with Crippen LogP contribution in [0.4, 0.5) is 0 Å². The quantitative estimate of drug-likeness (QED) is 0.680. The number of rotatable bonds is 4. The van der Waals surface area contributed by atoms with Crippen LogP contribution in [0.15, 0.2) is 33.9 Å². The van der Waals surface area contributed by atoms with Crippen molar-refractivity contribution in [1.29, 1.82) is 0 Å². The Balaban J connectivity index is 1.72. The topological polar surface area (TPSA) is 82.5 Å². The van der Waals surface area contributed by atoms with E-state index in [1.54, 1.807) is 4.68 Å². The summed E-state index contributed by atoms with van der Waals surface area (Å²) in [5.74, 6) is 1.70. The molecule has 0 amide bonds. The first-order valence-corrected chi connectivity index (χ1v) is 8.23. The van der Waals surface area contributed by atoms with Crippen molar-refractivity contribution in [2.45, 2.75) is 44.1 Å². The molecule has 0 bridgehead atoms. The molecule has 0 fully saturated rings. The Hall–Kier alpha value is -2.22. The first kappa shape index (κ1) is 15.7. The molecule has 0 aliphatic carbocycles. The van der Waals surface area contributed by atoms with Crippen molar-refractivity contribution < 1.29 is 4.52 Å². The van der Waals surface area contributed by atoms with Gasteiger partial charge in [-0.05, 0) is 50.3 Å². The largest absolute Gasteiger partial charge is 0.334 e. The molecule has 0 radical (unpaired) electrons. The van der Waals surface area contributed by atoms with Crippen LogP contribution in [0.1, 0.15) is 32.2 Å². The van der Waals surface area contributed by atoms with Gasteiger partial charge in [-0.15, -0.1) is 5.10 Å². The van der Waals surface area contributed by atoms with Crippen LogP contribution in [0, 0.1) is 6.92 Å². The molecule has 1 aromatic carbocycles. The average molecular weight is 330 g/mol. The van der Waals surface area contributed by atoms with Gasteiger partial charge >= 0.3 is 0 Å². The SMILES string of the molecule is Cc1cccc(-c2nc(CSc3nnnn3C(C)(C)C)no2)c1. The number of hydrogen-bond donors (Lipinski definition) is 0. The van der Waals surface area contributed by atoms with Crippen LogP contribution in [-0.4, -0.2) is 30.3 Å². The summed E-state index contributed by atoms with van der Waals surface area (Å²) in [5.41, 5.74) is 1.91. The molecule has 0 unspecified atom stereocenters. The van der Waals surface area contributed by atoms with Crippen LogP contribution >= 0.6 is 11.8 Å². The summed E-state index contributed by atoms with van der Waals surface area (Å²) in [4.78, 5) is 4.44. The number of aryl methyl sites for hydroxylation is 1. The summed E-state index contributed by atoms with van der Waals surface area (Å²) in [6.07, 6.45) is 0. The lowest BCUT2D eigenvalue weighted by atomic mass is 10.1. The molecule has 3 rings (SSSR count). The molecule has 8 heteroatoms. The summed E-state index contributed by atoms with van der Waals surface area (Å²) < 4.78 is 7.13. The third-order valence-electron chi connectivity index (χ3n) is 3.14. The van der Waals surface area contributed by atoms with E-state index in [0.717, 1.165) is 16.3 Å². The summed E-state index contributed by atoms with van der Waals surface area (Å²) in [6.45, 7) is 8.19. The van der Waals surface area contributed by atoms with Gasteiger partial charge in [-0.1, -0.05) is 34.6 Å². The molecule has 0 aliphatic heterocycles. The maximum atomic E-state index is 5.34. The van der Waals surface area contributed by atoms with Crippen LogP contribution in [0.2, 0.25) is 0 Å². The van der Waals surface area contributed by atoms with Crippen molar-refractivity contribution in [3.05, 3.63) is 35.7 Å². The standard InChI is InChI=1S/C15H18N6OS/c1-10-6-5-7-11(8-10)13-16-12(18-22-13)9-23-14-17-19-20-21(14)15(2,3)4/h5-8H,9H2,1-4H3. The highest BCUT2D eigenvalue weighted by atomic mass is 32.2. The van der Waals surface area contributed by atoms with E-state index in [2.05, 4.69) is 46.4 Å². The second-order valence-corrected chi connectivity index (χ2v) is 7.16. The number of tetrazole rings is 1. The van der Waals surface area contributed by atoms with Gasteiger partial charge < -0.3 is 4.52 Å². The number of thioether (sulfide) groups is 1. The highest BCUT2D eigenvalue weighted by molar-refractivity contribution is 7.98. The van der Waals surface area contributed by atoms with E-state index in [1.165, 1.54) is 11.8 Å². The van der Waals surface area contributed by atoms with E-state index in [1.807, 2.05) is 31.2 Å². The van der Waals surface area contributed by atoms with Crippen molar-refractivity contribution in [2.24, 2.45) is 0 Å². The first-order valence-electron chi connectivity index (χ1n) is 7.25. The van der Waals surface area contributed by atoms with E-state index in [4.69, 9.17) is 4.52 Å². The molecular weight excluding hydrogens is 312 g/mol. The van der Waals surface area contributed by atoms with E-state index in [0.29, 0.717) is 17.5 Å². The van der Waals surface area contributed by atoms with E-state index in [9.17, 15) is 0 Å². The Morgan fingerprint density at radius 1 is 1.26 bits per heavy atom. The van der Waals surface area contributed by atoms with Crippen LogP contribution in [-0.2, 0) is 11.3 Å². The molecule has 3 aromatic rings. The minimum atomic E-state index is -0.171. The predicted molar refractivity (Wildman–Crippen MR) is 86.8 cm³/mol. The molecule has 120 valence electrons. The van der Waals surface area contributed by atoms with Crippen molar-refractivity contribution in [3.63, 3.8) is 0 Å². The molecule has 0 saturated heterocycles. The van der Waals surface area contributed by atoms with Gasteiger partial charge in [0.2, 0.25) is 5.16 Å². The fraction of sp³-hybridized carbons (Fsp3) is 0.400. The molecule has 2 heterocycles. The lowest BCUT2D eigenvalue weighted by Crippen LogP contribution is -2.24. The lowest BCUT2D eigenvalue weighted by molar-refractivity contribution is 0.321. The van der Waals surface area contributed by atoms with Gasteiger partial charge in [-0.3, -0.25) is 0 Å². The molecular formula is C15H18N6OS. The fourth-order valence-electron chi connectivity index (χ4n) is 2.03.